The van der Waals surface area contributed by atoms with E-state index in [1.807, 2.05) is 42.5 Å². The van der Waals surface area contributed by atoms with Crippen LogP contribution >= 0.6 is 23.1 Å². The quantitative estimate of drug-likeness (QED) is 0.465. The SMILES string of the molecule is O=C1C=C(NNC(=O)c2ccc(CSc3nc4ccccc4s3)cc2)CCC1. The lowest BCUT2D eigenvalue weighted by Crippen LogP contribution is -2.37. The predicted octanol–water partition coefficient (Wildman–Crippen LogP) is 4.46. The number of hydrogen-bond donors (Lipinski definition) is 2. The fourth-order valence-corrected chi connectivity index (χ4v) is 4.93. The van der Waals surface area contributed by atoms with E-state index in [2.05, 4.69) is 21.9 Å². The molecule has 1 aliphatic carbocycles. The van der Waals surface area contributed by atoms with Crippen molar-refractivity contribution in [1.29, 1.82) is 0 Å². The molecule has 0 unspecified atom stereocenters. The number of thioether (sulfide) groups is 1. The van der Waals surface area contributed by atoms with E-state index in [0.717, 1.165) is 39.7 Å². The number of nitrogens with zero attached hydrogens (tertiary/aromatic N) is 1. The minimum atomic E-state index is -0.218. The first kappa shape index (κ1) is 18.7. The van der Waals surface area contributed by atoms with Crippen molar-refractivity contribution in [2.24, 2.45) is 0 Å². The lowest BCUT2D eigenvalue weighted by molar-refractivity contribution is -0.115. The van der Waals surface area contributed by atoms with Gasteiger partial charge in [-0.15, -0.1) is 11.3 Å². The van der Waals surface area contributed by atoms with Crippen molar-refractivity contribution in [2.75, 3.05) is 0 Å². The highest BCUT2D eigenvalue weighted by Crippen LogP contribution is 2.31. The van der Waals surface area contributed by atoms with Crippen LogP contribution in [-0.2, 0) is 10.5 Å². The highest BCUT2D eigenvalue weighted by molar-refractivity contribution is 8.00. The van der Waals surface area contributed by atoms with Gasteiger partial charge in [0.25, 0.3) is 5.91 Å². The molecule has 4 rings (SSSR count). The van der Waals surface area contributed by atoms with Gasteiger partial charge in [-0.3, -0.25) is 15.0 Å². The molecule has 0 atom stereocenters. The molecule has 1 aliphatic rings. The first-order valence-electron chi connectivity index (χ1n) is 9.04. The van der Waals surface area contributed by atoms with Gasteiger partial charge in [-0.25, -0.2) is 4.98 Å². The van der Waals surface area contributed by atoms with Crippen LogP contribution in [0.4, 0.5) is 0 Å². The monoisotopic (exact) mass is 409 g/mol. The number of ketones is 1. The molecule has 5 nitrogen and oxygen atoms in total. The van der Waals surface area contributed by atoms with E-state index in [9.17, 15) is 9.59 Å². The standard InChI is InChI=1S/C21H19N3O2S2/c25-17-5-3-4-16(12-17)23-24-20(26)15-10-8-14(9-11-15)13-27-21-22-18-6-1-2-7-19(18)28-21/h1-2,6-12,23H,3-5,13H2,(H,24,26). The number of thiazole rings is 1. The molecule has 0 fully saturated rings. The summed E-state index contributed by atoms with van der Waals surface area (Å²) in [7, 11) is 0. The smallest absolute Gasteiger partial charge is 0.269 e. The maximum absolute atomic E-state index is 12.3. The Bertz CT molecular complexity index is 1010. The number of para-hydroxylation sites is 1. The largest absolute Gasteiger partial charge is 0.302 e. The number of allylic oxidation sites excluding steroid dienone is 2. The third-order valence-electron chi connectivity index (χ3n) is 4.39. The number of fused-ring (bicyclic) bond motifs is 1. The minimum Gasteiger partial charge on any atom is -0.302 e. The predicted molar refractivity (Wildman–Crippen MR) is 113 cm³/mol. The van der Waals surface area contributed by atoms with Gasteiger partial charge in [0.15, 0.2) is 10.1 Å². The number of rotatable bonds is 6. The van der Waals surface area contributed by atoms with E-state index in [-0.39, 0.29) is 11.7 Å². The van der Waals surface area contributed by atoms with Gasteiger partial charge in [0.05, 0.1) is 10.2 Å². The molecule has 2 N–H and O–H groups in total. The third kappa shape index (κ3) is 4.61. The van der Waals surface area contributed by atoms with Crippen molar-refractivity contribution in [3.8, 4) is 0 Å². The molecule has 1 aromatic heterocycles. The zero-order chi connectivity index (χ0) is 19.3. The Labute approximate surface area is 171 Å². The zero-order valence-corrected chi connectivity index (χ0v) is 16.7. The Morgan fingerprint density at radius 2 is 1.93 bits per heavy atom. The van der Waals surface area contributed by atoms with Crippen molar-refractivity contribution in [3.63, 3.8) is 0 Å². The van der Waals surface area contributed by atoms with E-state index < -0.39 is 0 Å². The summed E-state index contributed by atoms with van der Waals surface area (Å²) >= 11 is 3.39. The van der Waals surface area contributed by atoms with Gasteiger partial charge in [-0.2, -0.15) is 0 Å². The van der Waals surface area contributed by atoms with E-state index in [1.165, 1.54) is 4.70 Å². The van der Waals surface area contributed by atoms with Crippen molar-refractivity contribution >= 4 is 45.0 Å². The van der Waals surface area contributed by atoms with Crippen molar-refractivity contribution in [1.82, 2.24) is 15.8 Å². The number of hydrogen-bond acceptors (Lipinski definition) is 6. The molecule has 0 saturated heterocycles. The lowest BCUT2D eigenvalue weighted by Gasteiger charge is -2.15. The van der Waals surface area contributed by atoms with Gasteiger partial charge >= 0.3 is 0 Å². The van der Waals surface area contributed by atoms with Crippen LogP contribution in [0, 0.1) is 0 Å². The van der Waals surface area contributed by atoms with Crippen LogP contribution in [-0.4, -0.2) is 16.7 Å². The maximum Gasteiger partial charge on any atom is 0.269 e. The van der Waals surface area contributed by atoms with Crippen LogP contribution in [0.1, 0.15) is 35.2 Å². The van der Waals surface area contributed by atoms with Crippen LogP contribution in [0.3, 0.4) is 0 Å². The first-order chi connectivity index (χ1) is 13.7. The summed E-state index contributed by atoms with van der Waals surface area (Å²) < 4.78 is 2.24. The minimum absolute atomic E-state index is 0.0954. The number of hydrazine groups is 1. The Balaban J connectivity index is 1.31. The normalized spacial score (nSPS) is 14.0. The van der Waals surface area contributed by atoms with Gasteiger partial charge in [-0.05, 0) is 42.7 Å². The highest BCUT2D eigenvalue weighted by atomic mass is 32.2. The molecule has 0 radical (unpaired) electrons. The van der Waals surface area contributed by atoms with Gasteiger partial charge in [0, 0.05) is 29.5 Å². The number of carbonyl (C=O) groups is 2. The van der Waals surface area contributed by atoms with Crippen LogP contribution in [0.25, 0.3) is 10.2 Å². The highest BCUT2D eigenvalue weighted by Gasteiger charge is 2.11. The van der Waals surface area contributed by atoms with Crippen LogP contribution in [0.15, 0.2) is 64.6 Å². The molecule has 0 aliphatic heterocycles. The molecule has 0 bridgehead atoms. The van der Waals surface area contributed by atoms with E-state index in [1.54, 1.807) is 29.2 Å². The second-order valence-electron chi connectivity index (χ2n) is 6.50. The zero-order valence-electron chi connectivity index (χ0n) is 15.1. The Morgan fingerprint density at radius 3 is 2.71 bits per heavy atom. The summed E-state index contributed by atoms with van der Waals surface area (Å²) in [6, 6.07) is 15.7. The second-order valence-corrected chi connectivity index (χ2v) is 8.75. The third-order valence-corrected chi connectivity index (χ3v) is 6.64. The van der Waals surface area contributed by atoms with E-state index in [0.29, 0.717) is 12.0 Å². The average molecular weight is 410 g/mol. The van der Waals surface area contributed by atoms with Gasteiger partial charge in [0.1, 0.15) is 0 Å². The average Bonchev–Trinajstić information content (AvgIpc) is 3.14. The Kier molecular flexibility index (Phi) is 5.73. The number of nitrogens with one attached hydrogen (secondary N) is 2. The molecule has 142 valence electrons. The molecule has 0 saturated carbocycles. The molecule has 0 spiro atoms. The molecular weight excluding hydrogens is 390 g/mol. The van der Waals surface area contributed by atoms with Crippen molar-refractivity contribution in [2.45, 2.75) is 29.4 Å². The summed E-state index contributed by atoms with van der Waals surface area (Å²) in [6.07, 6.45) is 3.73. The molecule has 3 aromatic rings. The molecule has 7 heteroatoms. The number of carbonyl (C=O) groups excluding carboxylic acids is 2. The molecule has 1 heterocycles. The second kappa shape index (κ2) is 8.58. The van der Waals surface area contributed by atoms with Crippen molar-refractivity contribution < 1.29 is 9.59 Å². The fourth-order valence-electron chi connectivity index (χ4n) is 2.91. The Hall–Kier alpha value is -2.64. The maximum atomic E-state index is 12.3. The van der Waals surface area contributed by atoms with Crippen LogP contribution in [0.2, 0.25) is 0 Å². The lowest BCUT2D eigenvalue weighted by atomic mass is 10.0. The van der Waals surface area contributed by atoms with E-state index >= 15 is 0 Å². The molecular formula is C21H19N3O2S2. The van der Waals surface area contributed by atoms with Crippen LogP contribution < -0.4 is 10.9 Å². The molecule has 2 aromatic carbocycles. The van der Waals surface area contributed by atoms with E-state index in [4.69, 9.17) is 0 Å². The van der Waals surface area contributed by atoms with Gasteiger partial charge in [0.2, 0.25) is 0 Å². The number of benzene rings is 2. The van der Waals surface area contributed by atoms with Gasteiger partial charge in [-0.1, -0.05) is 36.0 Å². The summed E-state index contributed by atoms with van der Waals surface area (Å²) in [5.41, 5.74) is 9.01. The van der Waals surface area contributed by atoms with Gasteiger partial charge < -0.3 is 5.43 Å². The summed E-state index contributed by atoms with van der Waals surface area (Å²) in [4.78, 5) is 28.3. The summed E-state index contributed by atoms with van der Waals surface area (Å²) in [5.74, 6) is 0.678. The number of aromatic nitrogens is 1. The summed E-state index contributed by atoms with van der Waals surface area (Å²) in [5, 5.41) is 0. The molecule has 1 amide bonds. The summed E-state index contributed by atoms with van der Waals surface area (Å²) in [6.45, 7) is 0. The van der Waals surface area contributed by atoms with Crippen molar-refractivity contribution in [3.05, 3.63) is 71.4 Å². The Morgan fingerprint density at radius 1 is 1.11 bits per heavy atom. The number of amides is 1. The molecule has 28 heavy (non-hydrogen) atoms. The first-order valence-corrected chi connectivity index (χ1v) is 10.8. The fraction of sp³-hybridized carbons (Fsp3) is 0.190. The van der Waals surface area contributed by atoms with Crippen LogP contribution in [0.5, 0.6) is 0 Å². The topological polar surface area (TPSA) is 71.1 Å².